The first-order valence-electron chi connectivity index (χ1n) is 10.7. The summed E-state index contributed by atoms with van der Waals surface area (Å²) in [7, 11) is 1.51. The zero-order valence-electron chi connectivity index (χ0n) is 19.6. The Kier molecular flexibility index (Phi) is 5.62. The molecule has 6 heteroatoms. The predicted molar refractivity (Wildman–Crippen MR) is 127 cm³/mol. The minimum Gasteiger partial charge on any atom is -0.507 e. The summed E-state index contributed by atoms with van der Waals surface area (Å²) in [5, 5.41) is 11.5. The van der Waals surface area contributed by atoms with Crippen molar-refractivity contribution in [3.8, 4) is 5.75 Å². The van der Waals surface area contributed by atoms with Crippen LogP contribution in [0.4, 0.5) is 5.69 Å². The zero-order valence-corrected chi connectivity index (χ0v) is 19.6. The number of furan rings is 1. The van der Waals surface area contributed by atoms with E-state index in [-0.39, 0.29) is 11.3 Å². The molecule has 3 aromatic rings. The van der Waals surface area contributed by atoms with Crippen LogP contribution in [0.1, 0.15) is 45.4 Å². The van der Waals surface area contributed by atoms with Crippen LogP contribution in [0.15, 0.2) is 52.5 Å². The van der Waals surface area contributed by atoms with E-state index in [1.54, 1.807) is 31.2 Å². The van der Waals surface area contributed by atoms with Crippen molar-refractivity contribution in [1.82, 2.24) is 0 Å². The summed E-state index contributed by atoms with van der Waals surface area (Å²) in [6, 6.07) is 11.9. The molecule has 0 bridgehead atoms. The molecule has 6 nitrogen and oxygen atoms in total. The molecule has 1 unspecified atom stereocenters. The van der Waals surface area contributed by atoms with Crippen molar-refractivity contribution in [2.24, 2.45) is 0 Å². The van der Waals surface area contributed by atoms with Crippen LogP contribution in [0.3, 0.4) is 0 Å². The fourth-order valence-electron chi connectivity index (χ4n) is 4.49. The molecule has 1 aliphatic rings. The Hall–Kier alpha value is -3.80. The van der Waals surface area contributed by atoms with Gasteiger partial charge in [-0.25, -0.2) is 0 Å². The molecule has 1 aliphatic heterocycles. The van der Waals surface area contributed by atoms with Crippen LogP contribution in [0.2, 0.25) is 0 Å². The minimum absolute atomic E-state index is 0.0291. The first-order chi connectivity index (χ1) is 15.6. The molecule has 33 heavy (non-hydrogen) atoms. The first-order valence-corrected chi connectivity index (χ1v) is 10.7. The van der Waals surface area contributed by atoms with Crippen LogP contribution >= 0.6 is 0 Å². The van der Waals surface area contributed by atoms with E-state index in [1.165, 1.54) is 12.0 Å². The highest BCUT2D eigenvalue weighted by Crippen LogP contribution is 2.45. The van der Waals surface area contributed by atoms with Crippen LogP contribution < -0.4 is 9.64 Å². The molecule has 4 rings (SSSR count). The number of nitrogens with zero attached hydrogens (tertiary/aromatic N) is 1. The topological polar surface area (TPSA) is 80.0 Å². The van der Waals surface area contributed by atoms with Crippen LogP contribution in [-0.2, 0) is 9.59 Å². The van der Waals surface area contributed by atoms with Crippen molar-refractivity contribution in [3.63, 3.8) is 0 Å². The molecule has 1 atom stereocenters. The second-order valence-electron chi connectivity index (χ2n) is 8.50. The third kappa shape index (κ3) is 3.61. The Morgan fingerprint density at radius 3 is 2.36 bits per heavy atom. The first kappa shape index (κ1) is 22.4. The van der Waals surface area contributed by atoms with Gasteiger partial charge in [0.15, 0.2) is 0 Å². The maximum Gasteiger partial charge on any atom is 0.300 e. The van der Waals surface area contributed by atoms with Crippen molar-refractivity contribution >= 4 is 23.1 Å². The fraction of sp³-hybridized carbons (Fsp3) is 0.259. The van der Waals surface area contributed by atoms with E-state index in [4.69, 9.17) is 9.15 Å². The predicted octanol–water partition coefficient (Wildman–Crippen LogP) is 5.46. The van der Waals surface area contributed by atoms with E-state index in [0.29, 0.717) is 28.5 Å². The van der Waals surface area contributed by atoms with Crippen LogP contribution in [0.5, 0.6) is 5.75 Å². The van der Waals surface area contributed by atoms with Gasteiger partial charge in [-0.15, -0.1) is 0 Å². The average molecular weight is 446 g/mol. The van der Waals surface area contributed by atoms with Crippen LogP contribution in [0.25, 0.3) is 5.76 Å². The molecule has 0 radical (unpaired) electrons. The number of amides is 1. The van der Waals surface area contributed by atoms with Gasteiger partial charge in [0.05, 0.1) is 18.2 Å². The number of Topliss-reactive ketones (excluding diaryl/α,β-unsaturated/α-hetero) is 1. The standard InChI is InChI=1S/C27H27NO5/c1-14-12-16(3)26(32-6)19(13-14)24(29)22-23(21-11-10-17(4)33-21)28(27(31)25(22)30)20-9-7-8-15(2)18(20)5/h7-13,23,29H,1-6H3/b24-22+. The summed E-state index contributed by atoms with van der Waals surface area (Å²) >= 11 is 0. The number of rotatable bonds is 4. The van der Waals surface area contributed by atoms with Gasteiger partial charge in [0.2, 0.25) is 0 Å². The van der Waals surface area contributed by atoms with Gasteiger partial charge >= 0.3 is 0 Å². The normalized spacial score (nSPS) is 17.6. The summed E-state index contributed by atoms with van der Waals surface area (Å²) < 4.78 is 11.4. The monoisotopic (exact) mass is 445 g/mol. The third-order valence-corrected chi connectivity index (χ3v) is 6.19. The molecule has 170 valence electrons. The number of aliphatic hydroxyl groups excluding tert-OH is 1. The lowest BCUT2D eigenvalue weighted by molar-refractivity contribution is -0.132. The molecule has 1 N–H and O–H groups in total. The lowest BCUT2D eigenvalue weighted by Gasteiger charge is -2.25. The Labute approximate surface area is 193 Å². The second kappa shape index (κ2) is 8.28. The molecule has 1 amide bonds. The molecular formula is C27H27NO5. The van der Waals surface area contributed by atoms with Crippen molar-refractivity contribution in [2.75, 3.05) is 12.0 Å². The van der Waals surface area contributed by atoms with E-state index in [1.807, 2.05) is 45.9 Å². The van der Waals surface area contributed by atoms with Crippen LogP contribution in [0, 0.1) is 34.6 Å². The van der Waals surface area contributed by atoms with Crippen molar-refractivity contribution in [2.45, 2.75) is 40.7 Å². The highest BCUT2D eigenvalue weighted by Gasteiger charge is 2.49. The Balaban J connectivity index is 2.03. The van der Waals surface area contributed by atoms with Gasteiger partial charge in [0.1, 0.15) is 29.1 Å². The lowest BCUT2D eigenvalue weighted by atomic mass is 9.96. The van der Waals surface area contributed by atoms with Gasteiger partial charge in [-0.3, -0.25) is 14.5 Å². The van der Waals surface area contributed by atoms with E-state index < -0.39 is 17.7 Å². The van der Waals surface area contributed by atoms with Crippen LogP contribution in [-0.4, -0.2) is 23.9 Å². The summed E-state index contributed by atoms with van der Waals surface area (Å²) in [4.78, 5) is 28.1. The highest BCUT2D eigenvalue weighted by molar-refractivity contribution is 6.51. The molecular weight excluding hydrogens is 418 g/mol. The molecule has 1 fully saturated rings. The van der Waals surface area contributed by atoms with Crippen molar-refractivity contribution in [1.29, 1.82) is 0 Å². The second-order valence-corrected chi connectivity index (χ2v) is 8.50. The van der Waals surface area contributed by atoms with Gasteiger partial charge < -0.3 is 14.3 Å². The molecule has 1 aromatic heterocycles. The molecule has 2 aromatic carbocycles. The summed E-state index contributed by atoms with van der Waals surface area (Å²) in [6.45, 7) is 9.40. The average Bonchev–Trinajstić information content (AvgIpc) is 3.30. The number of carbonyl (C=O) groups is 2. The largest absolute Gasteiger partial charge is 0.507 e. The van der Waals surface area contributed by atoms with Gasteiger partial charge in [0.25, 0.3) is 11.7 Å². The van der Waals surface area contributed by atoms with Gasteiger partial charge in [-0.2, -0.15) is 0 Å². The number of carbonyl (C=O) groups excluding carboxylic acids is 2. The van der Waals surface area contributed by atoms with E-state index >= 15 is 0 Å². The van der Waals surface area contributed by atoms with E-state index in [0.717, 1.165) is 22.3 Å². The number of benzene rings is 2. The van der Waals surface area contributed by atoms with Crippen molar-refractivity contribution in [3.05, 3.63) is 87.4 Å². The summed E-state index contributed by atoms with van der Waals surface area (Å²) in [5.41, 5.74) is 4.50. The number of anilines is 1. The summed E-state index contributed by atoms with van der Waals surface area (Å²) in [5.74, 6) is -0.284. The Morgan fingerprint density at radius 1 is 1.00 bits per heavy atom. The fourth-order valence-corrected chi connectivity index (χ4v) is 4.49. The molecule has 0 aliphatic carbocycles. The number of methoxy groups -OCH3 is 1. The Morgan fingerprint density at radius 2 is 1.73 bits per heavy atom. The number of hydrogen-bond donors (Lipinski definition) is 1. The molecule has 2 heterocycles. The lowest BCUT2D eigenvalue weighted by Crippen LogP contribution is -2.30. The quantitative estimate of drug-likeness (QED) is 0.328. The number of ether oxygens (including phenoxy) is 1. The number of hydrogen-bond acceptors (Lipinski definition) is 5. The van der Waals surface area contributed by atoms with Crippen molar-refractivity contribution < 1.29 is 23.8 Å². The minimum atomic E-state index is -0.912. The SMILES string of the molecule is COc1c(C)cc(C)cc1/C(O)=C1\C(=O)C(=O)N(c2cccc(C)c2C)C1c1ccc(C)o1. The number of ketones is 1. The highest BCUT2D eigenvalue weighted by atomic mass is 16.5. The summed E-state index contributed by atoms with van der Waals surface area (Å²) in [6.07, 6.45) is 0. The molecule has 0 spiro atoms. The van der Waals surface area contributed by atoms with E-state index in [9.17, 15) is 14.7 Å². The Bertz CT molecular complexity index is 1310. The zero-order chi connectivity index (χ0) is 24.0. The smallest absolute Gasteiger partial charge is 0.300 e. The number of aliphatic hydroxyl groups is 1. The van der Waals surface area contributed by atoms with E-state index in [2.05, 4.69) is 0 Å². The number of aryl methyl sites for hydroxylation is 4. The maximum absolute atomic E-state index is 13.4. The van der Waals surface area contributed by atoms with Gasteiger partial charge in [-0.05, 0) is 81.1 Å². The van der Waals surface area contributed by atoms with Gasteiger partial charge in [-0.1, -0.05) is 18.2 Å². The van der Waals surface area contributed by atoms with Gasteiger partial charge in [0, 0.05) is 5.69 Å². The molecule has 1 saturated heterocycles. The molecule has 0 saturated carbocycles. The maximum atomic E-state index is 13.4. The third-order valence-electron chi connectivity index (χ3n) is 6.19.